The van der Waals surface area contributed by atoms with Crippen LogP contribution in [0.25, 0.3) is 0 Å². The molecule has 0 atom stereocenters. The van der Waals surface area contributed by atoms with Crippen molar-refractivity contribution in [1.29, 1.82) is 5.26 Å². The van der Waals surface area contributed by atoms with Crippen molar-refractivity contribution in [2.24, 2.45) is 0 Å². The Kier molecular flexibility index (Phi) is 6.33. The van der Waals surface area contributed by atoms with Crippen LogP contribution >= 0.6 is 11.6 Å². The van der Waals surface area contributed by atoms with Gasteiger partial charge in [-0.25, -0.2) is 0 Å². The second kappa shape index (κ2) is 7.76. The van der Waals surface area contributed by atoms with E-state index in [4.69, 9.17) is 21.6 Å². The topological polar surface area (TPSA) is 53.3 Å². The van der Waals surface area contributed by atoms with Gasteiger partial charge in [0.25, 0.3) is 0 Å². The molecule has 0 aliphatic heterocycles. The van der Waals surface area contributed by atoms with Crippen LogP contribution in [-0.4, -0.2) is 31.0 Å². The Hall–Kier alpha value is -1.73. The molecule has 0 saturated carbocycles. The summed E-state index contributed by atoms with van der Waals surface area (Å²) < 4.78 is 5.68. The van der Waals surface area contributed by atoms with Crippen molar-refractivity contribution in [2.45, 2.75) is 26.7 Å². The molecule has 4 nitrogen and oxygen atoms in total. The lowest BCUT2D eigenvalue weighted by Gasteiger charge is -2.16. The number of benzene rings is 1. The fourth-order valence-corrected chi connectivity index (χ4v) is 2.23. The Morgan fingerprint density at radius 3 is 2.55 bits per heavy atom. The molecule has 0 aliphatic carbocycles. The van der Waals surface area contributed by atoms with Gasteiger partial charge in [0.1, 0.15) is 5.75 Å². The van der Waals surface area contributed by atoms with E-state index in [0.29, 0.717) is 31.0 Å². The van der Waals surface area contributed by atoms with Crippen molar-refractivity contribution in [2.75, 3.05) is 20.2 Å². The van der Waals surface area contributed by atoms with E-state index in [2.05, 4.69) is 0 Å². The number of hydrogen-bond donors (Lipinski definition) is 0. The molecule has 1 aromatic carbocycles. The van der Waals surface area contributed by atoms with Gasteiger partial charge >= 0.3 is 0 Å². The first-order valence-electron chi connectivity index (χ1n) is 6.46. The first kappa shape index (κ1) is 16.3. The number of carbonyl (C=O) groups excluding carboxylic acids is 1. The number of nitrogens with zero attached hydrogens (tertiary/aromatic N) is 2. The molecular formula is C15H19ClN2O2. The minimum atomic E-state index is -0.0236. The zero-order chi connectivity index (χ0) is 15.1. The van der Waals surface area contributed by atoms with Gasteiger partial charge in [-0.3, -0.25) is 4.79 Å². The van der Waals surface area contributed by atoms with Gasteiger partial charge in [-0.15, -0.1) is 0 Å². The summed E-state index contributed by atoms with van der Waals surface area (Å²) in [5, 5.41) is 9.16. The summed E-state index contributed by atoms with van der Waals surface area (Å²) in [4.78, 5) is 13.3. The summed E-state index contributed by atoms with van der Waals surface area (Å²) in [6.45, 7) is 4.62. The molecule has 1 aromatic rings. The molecule has 0 N–H and O–H groups in total. The highest BCUT2D eigenvalue weighted by atomic mass is 35.5. The van der Waals surface area contributed by atoms with Crippen LogP contribution in [0, 0.1) is 25.2 Å². The monoisotopic (exact) mass is 294 g/mol. The molecule has 0 saturated heterocycles. The lowest BCUT2D eigenvalue weighted by molar-refractivity contribution is -0.130. The second-order valence-electron chi connectivity index (χ2n) is 4.69. The molecule has 0 unspecified atom stereocenters. The molecule has 0 heterocycles. The van der Waals surface area contributed by atoms with E-state index in [1.165, 1.54) is 0 Å². The lowest BCUT2D eigenvalue weighted by atomic mass is 10.1. The summed E-state index contributed by atoms with van der Waals surface area (Å²) in [5.41, 5.74) is 1.92. The quantitative estimate of drug-likeness (QED) is 0.810. The number of ether oxygens (including phenoxy) is 1. The Morgan fingerprint density at radius 1 is 1.40 bits per heavy atom. The maximum Gasteiger partial charge on any atom is 0.225 e. The van der Waals surface area contributed by atoms with Crippen LogP contribution in [0.15, 0.2) is 12.1 Å². The Labute approximate surface area is 124 Å². The summed E-state index contributed by atoms with van der Waals surface area (Å²) in [5.74, 6) is 0.756. The molecule has 1 rings (SSSR count). The molecule has 0 fully saturated rings. The number of hydrogen-bond acceptors (Lipinski definition) is 3. The van der Waals surface area contributed by atoms with Gasteiger partial charge in [-0.2, -0.15) is 5.26 Å². The number of rotatable bonds is 6. The molecule has 0 spiro atoms. The zero-order valence-electron chi connectivity index (χ0n) is 12.1. The fraction of sp³-hybridized carbons (Fsp3) is 0.467. The number of aryl methyl sites for hydroxylation is 2. The van der Waals surface area contributed by atoms with Crippen molar-refractivity contribution in [3.63, 3.8) is 0 Å². The summed E-state index contributed by atoms with van der Waals surface area (Å²) >= 11 is 5.95. The van der Waals surface area contributed by atoms with Crippen LogP contribution in [0.4, 0.5) is 0 Å². The third-order valence-corrected chi connectivity index (χ3v) is 3.19. The highest BCUT2D eigenvalue weighted by molar-refractivity contribution is 6.30. The van der Waals surface area contributed by atoms with Crippen LogP contribution < -0.4 is 4.74 Å². The molecule has 0 radical (unpaired) electrons. The summed E-state index contributed by atoms with van der Waals surface area (Å²) in [6.07, 6.45) is 0.641. The van der Waals surface area contributed by atoms with E-state index in [1.54, 1.807) is 11.9 Å². The molecular weight excluding hydrogens is 276 g/mol. The minimum Gasteiger partial charge on any atom is -0.493 e. The molecule has 0 bridgehead atoms. The SMILES string of the molecule is Cc1cc(Cl)cc(C)c1OCCC(=O)N(C)CCC#N. The Morgan fingerprint density at radius 2 is 2.00 bits per heavy atom. The number of halogens is 1. The average Bonchev–Trinajstić information content (AvgIpc) is 2.38. The van der Waals surface area contributed by atoms with Crippen LogP contribution in [0.5, 0.6) is 5.75 Å². The van der Waals surface area contributed by atoms with Crippen molar-refractivity contribution in [3.05, 3.63) is 28.3 Å². The van der Waals surface area contributed by atoms with E-state index in [-0.39, 0.29) is 5.91 Å². The predicted octanol–water partition coefficient (Wildman–Crippen LogP) is 3.10. The van der Waals surface area contributed by atoms with Crippen LogP contribution in [-0.2, 0) is 4.79 Å². The first-order chi connectivity index (χ1) is 9.45. The van der Waals surface area contributed by atoms with E-state index >= 15 is 0 Å². The third kappa shape index (κ3) is 4.75. The maximum absolute atomic E-state index is 11.8. The molecule has 0 aliphatic rings. The summed E-state index contributed by atoms with van der Waals surface area (Å²) in [6, 6.07) is 5.69. The highest BCUT2D eigenvalue weighted by Crippen LogP contribution is 2.27. The second-order valence-corrected chi connectivity index (χ2v) is 5.13. The number of carbonyl (C=O) groups is 1. The maximum atomic E-state index is 11.8. The van der Waals surface area contributed by atoms with Gasteiger partial charge < -0.3 is 9.64 Å². The van der Waals surface area contributed by atoms with Gasteiger partial charge in [0, 0.05) is 18.6 Å². The highest BCUT2D eigenvalue weighted by Gasteiger charge is 2.10. The molecule has 1 amide bonds. The van der Waals surface area contributed by atoms with Gasteiger partial charge in [-0.05, 0) is 37.1 Å². The van der Waals surface area contributed by atoms with Gasteiger partial charge in [0.15, 0.2) is 0 Å². The first-order valence-corrected chi connectivity index (χ1v) is 6.84. The van der Waals surface area contributed by atoms with Gasteiger partial charge in [-0.1, -0.05) is 11.6 Å². The molecule has 20 heavy (non-hydrogen) atoms. The average molecular weight is 295 g/mol. The van der Waals surface area contributed by atoms with Crippen LogP contribution in [0.3, 0.4) is 0 Å². The Bertz CT molecular complexity index is 500. The van der Waals surface area contributed by atoms with Crippen molar-refractivity contribution in [1.82, 2.24) is 4.90 Å². The fourth-order valence-electron chi connectivity index (χ4n) is 1.90. The summed E-state index contributed by atoms with van der Waals surface area (Å²) in [7, 11) is 1.69. The minimum absolute atomic E-state index is 0.0236. The molecule has 5 heteroatoms. The zero-order valence-corrected chi connectivity index (χ0v) is 12.8. The van der Waals surface area contributed by atoms with Crippen molar-refractivity contribution < 1.29 is 9.53 Å². The van der Waals surface area contributed by atoms with E-state index in [0.717, 1.165) is 16.9 Å². The van der Waals surface area contributed by atoms with Crippen molar-refractivity contribution in [3.8, 4) is 11.8 Å². The lowest BCUT2D eigenvalue weighted by Crippen LogP contribution is -2.28. The largest absolute Gasteiger partial charge is 0.493 e. The van der Waals surface area contributed by atoms with Crippen LogP contribution in [0.1, 0.15) is 24.0 Å². The molecule has 108 valence electrons. The normalized spacial score (nSPS) is 9.95. The third-order valence-electron chi connectivity index (χ3n) is 2.97. The number of nitriles is 1. The molecule has 0 aromatic heterocycles. The number of amides is 1. The van der Waals surface area contributed by atoms with Crippen LogP contribution in [0.2, 0.25) is 5.02 Å². The van der Waals surface area contributed by atoms with Crippen molar-refractivity contribution >= 4 is 17.5 Å². The van der Waals surface area contributed by atoms with Gasteiger partial charge in [0.2, 0.25) is 5.91 Å². The standard InChI is InChI=1S/C15H19ClN2O2/c1-11-9-13(16)10-12(2)15(11)20-8-5-14(19)18(3)7-4-6-17/h9-10H,4-5,7-8H2,1-3H3. The van der Waals surface area contributed by atoms with E-state index in [9.17, 15) is 4.79 Å². The van der Waals surface area contributed by atoms with E-state index < -0.39 is 0 Å². The smallest absolute Gasteiger partial charge is 0.225 e. The van der Waals surface area contributed by atoms with Gasteiger partial charge in [0.05, 0.1) is 25.5 Å². The Balaban J connectivity index is 2.49. The van der Waals surface area contributed by atoms with E-state index in [1.807, 2.05) is 32.0 Å². The predicted molar refractivity (Wildman–Crippen MR) is 78.9 cm³/mol.